The molecule has 0 aliphatic heterocycles. The van der Waals surface area contributed by atoms with Gasteiger partial charge in [-0.25, -0.2) is 9.78 Å². The number of carbonyl (C=O) groups excluding carboxylic acids is 3. The number of ether oxygens (including phenoxy) is 2. The van der Waals surface area contributed by atoms with Crippen LogP contribution in [0.5, 0.6) is 0 Å². The van der Waals surface area contributed by atoms with Crippen LogP contribution in [0, 0.1) is 5.92 Å². The largest absolute Gasteiger partial charge is 0.465 e. The molecule has 2 atom stereocenters. The first-order chi connectivity index (χ1) is 18.0. The van der Waals surface area contributed by atoms with Gasteiger partial charge in [-0.3, -0.25) is 9.59 Å². The molecular weight excluding hydrogens is 508 g/mol. The van der Waals surface area contributed by atoms with Crippen molar-refractivity contribution in [2.75, 3.05) is 11.9 Å². The molecule has 0 saturated carbocycles. The predicted molar refractivity (Wildman–Crippen MR) is 146 cm³/mol. The Morgan fingerprint density at radius 2 is 1.71 bits per heavy atom. The monoisotopic (exact) mass is 540 g/mol. The van der Waals surface area contributed by atoms with Crippen molar-refractivity contribution in [1.82, 2.24) is 15.3 Å². The Kier molecular flexibility index (Phi) is 9.52. The number of H-pyrrole nitrogens is 1. The molecule has 202 valence electrons. The maximum absolute atomic E-state index is 12.6. The highest BCUT2D eigenvalue weighted by Gasteiger charge is 2.25. The SMILES string of the molecule is CCOC(=O)C(C)C(=O)Nc1ccc(-c2nc([C@H](Cc3ccccc3)NC(=O)OC(C)(C)C)[nH]c2Cl)cc1. The molecule has 1 unspecified atom stereocenters. The third-order valence-corrected chi connectivity index (χ3v) is 5.71. The zero-order chi connectivity index (χ0) is 27.9. The number of anilines is 1. The maximum atomic E-state index is 12.6. The molecule has 0 radical (unpaired) electrons. The molecule has 10 heteroatoms. The molecule has 0 fully saturated rings. The van der Waals surface area contributed by atoms with Crippen LogP contribution in [-0.4, -0.2) is 40.1 Å². The molecule has 3 rings (SSSR count). The summed E-state index contributed by atoms with van der Waals surface area (Å²) in [7, 11) is 0. The van der Waals surface area contributed by atoms with Crippen molar-refractivity contribution in [3.8, 4) is 11.3 Å². The number of aromatic nitrogens is 2. The molecule has 3 aromatic rings. The van der Waals surface area contributed by atoms with Crippen molar-refractivity contribution in [2.24, 2.45) is 5.92 Å². The number of hydrogen-bond acceptors (Lipinski definition) is 6. The molecule has 2 amide bonds. The van der Waals surface area contributed by atoms with Gasteiger partial charge in [0.2, 0.25) is 5.91 Å². The van der Waals surface area contributed by atoms with Gasteiger partial charge in [-0.15, -0.1) is 0 Å². The van der Waals surface area contributed by atoms with Gasteiger partial charge in [0, 0.05) is 17.7 Å². The van der Waals surface area contributed by atoms with Crippen LogP contribution < -0.4 is 10.6 Å². The zero-order valence-corrected chi connectivity index (χ0v) is 22.9. The molecule has 3 N–H and O–H groups in total. The van der Waals surface area contributed by atoms with E-state index in [1.54, 1.807) is 52.0 Å². The van der Waals surface area contributed by atoms with E-state index in [-0.39, 0.29) is 6.61 Å². The minimum Gasteiger partial charge on any atom is -0.465 e. The number of amides is 2. The molecule has 0 saturated heterocycles. The summed E-state index contributed by atoms with van der Waals surface area (Å²) in [4.78, 5) is 44.5. The molecule has 1 aromatic heterocycles. The summed E-state index contributed by atoms with van der Waals surface area (Å²) in [5, 5.41) is 5.90. The van der Waals surface area contributed by atoms with Crippen LogP contribution in [0.25, 0.3) is 11.3 Å². The fraction of sp³-hybridized carbons (Fsp3) is 0.357. The van der Waals surface area contributed by atoms with E-state index in [2.05, 4.69) is 20.6 Å². The van der Waals surface area contributed by atoms with Crippen LogP contribution in [-0.2, 0) is 25.5 Å². The molecule has 2 aromatic carbocycles. The Hall–Kier alpha value is -3.85. The fourth-order valence-corrected chi connectivity index (χ4v) is 3.83. The van der Waals surface area contributed by atoms with E-state index in [0.29, 0.717) is 34.3 Å². The van der Waals surface area contributed by atoms with Gasteiger partial charge in [-0.2, -0.15) is 0 Å². The van der Waals surface area contributed by atoms with Crippen molar-refractivity contribution >= 4 is 35.3 Å². The first kappa shape index (κ1) is 28.7. The number of imidazole rings is 1. The van der Waals surface area contributed by atoms with Crippen LogP contribution in [0.3, 0.4) is 0 Å². The lowest BCUT2D eigenvalue weighted by atomic mass is 10.1. The highest BCUT2D eigenvalue weighted by molar-refractivity contribution is 6.31. The van der Waals surface area contributed by atoms with Gasteiger partial charge in [0.15, 0.2) is 0 Å². The summed E-state index contributed by atoms with van der Waals surface area (Å²) in [6, 6.07) is 16.1. The highest BCUT2D eigenvalue weighted by atomic mass is 35.5. The minimum absolute atomic E-state index is 0.205. The van der Waals surface area contributed by atoms with Gasteiger partial charge in [0.1, 0.15) is 28.2 Å². The lowest BCUT2D eigenvalue weighted by Gasteiger charge is -2.23. The Bertz CT molecular complexity index is 1250. The van der Waals surface area contributed by atoms with Crippen molar-refractivity contribution < 1.29 is 23.9 Å². The number of nitrogens with zero attached hydrogens (tertiary/aromatic N) is 1. The van der Waals surface area contributed by atoms with Crippen LogP contribution in [0.1, 0.15) is 52.0 Å². The third kappa shape index (κ3) is 8.08. The van der Waals surface area contributed by atoms with Gasteiger partial charge in [-0.05, 0) is 52.3 Å². The number of aromatic amines is 1. The van der Waals surface area contributed by atoms with Crippen LogP contribution in [0.15, 0.2) is 54.6 Å². The number of rotatable bonds is 9. The summed E-state index contributed by atoms with van der Waals surface area (Å²) in [6.07, 6.45) is -0.0999. The number of alkyl carbamates (subject to hydrolysis) is 1. The molecular formula is C28H33ClN4O5. The lowest BCUT2D eigenvalue weighted by Crippen LogP contribution is -2.36. The second-order valence-corrected chi connectivity index (χ2v) is 10.1. The summed E-state index contributed by atoms with van der Waals surface area (Å²) in [6.45, 7) is 8.77. The molecule has 0 bridgehead atoms. The summed E-state index contributed by atoms with van der Waals surface area (Å²) in [5.74, 6) is -1.51. The number of hydrogen-bond donors (Lipinski definition) is 3. The van der Waals surface area contributed by atoms with Crippen molar-refractivity contribution in [1.29, 1.82) is 0 Å². The quantitative estimate of drug-likeness (QED) is 0.237. The van der Waals surface area contributed by atoms with Gasteiger partial charge < -0.3 is 25.1 Å². The molecule has 0 aliphatic carbocycles. The predicted octanol–water partition coefficient (Wildman–Crippen LogP) is 5.68. The van der Waals surface area contributed by atoms with Gasteiger partial charge >= 0.3 is 12.1 Å². The summed E-state index contributed by atoms with van der Waals surface area (Å²) < 4.78 is 10.3. The number of nitrogens with one attached hydrogen (secondary N) is 3. The smallest absolute Gasteiger partial charge is 0.408 e. The normalized spacial score (nSPS) is 12.8. The Morgan fingerprint density at radius 1 is 1.05 bits per heavy atom. The van der Waals surface area contributed by atoms with E-state index in [0.717, 1.165) is 5.56 Å². The number of carbonyl (C=O) groups is 3. The van der Waals surface area contributed by atoms with E-state index in [1.165, 1.54) is 6.92 Å². The van der Waals surface area contributed by atoms with Crippen LogP contribution in [0.4, 0.5) is 10.5 Å². The standard InChI is InChI=1S/C28H33ClN4O5/c1-6-37-26(35)17(2)25(34)30-20-14-12-19(13-15-20)22-23(29)33-24(32-22)21(16-18-10-8-7-9-11-18)31-27(36)38-28(3,4)5/h7-15,17,21H,6,16H2,1-5H3,(H,30,34)(H,31,36)(H,32,33)/t17?,21-/m0/s1. The van der Waals surface area contributed by atoms with Crippen LogP contribution >= 0.6 is 11.6 Å². The maximum Gasteiger partial charge on any atom is 0.408 e. The zero-order valence-electron chi connectivity index (χ0n) is 22.1. The topological polar surface area (TPSA) is 122 Å². The second kappa shape index (κ2) is 12.6. The minimum atomic E-state index is -0.933. The highest BCUT2D eigenvalue weighted by Crippen LogP contribution is 2.29. The van der Waals surface area contributed by atoms with Gasteiger partial charge in [0.25, 0.3) is 0 Å². The summed E-state index contributed by atoms with van der Waals surface area (Å²) >= 11 is 6.52. The third-order valence-electron chi connectivity index (χ3n) is 5.44. The Labute approximate surface area is 227 Å². The van der Waals surface area contributed by atoms with Crippen molar-refractivity contribution in [3.05, 3.63) is 71.1 Å². The Balaban J connectivity index is 1.79. The molecule has 0 aliphatic rings. The lowest BCUT2D eigenvalue weighted by molar-refractivity contribution is -0.150. The van der Waals surface area contributed by atoms with E-state index in [9.17, 15) is 14.4 Å². The van der Waals surface area contributed by atoms with Gasteiger partial charge in [0.05, 0.1) is 12.6 Å². The van der Waals surface area contributed by atoms with E-state index in [1.807, 2.05) is 30.3 Å². The van der Waals surface area contributed by atoms with Gasteiger partial charge in [-0.1, -0.05) is 54.1 Å². The number of benzene rings is 2. The first-order valence-electron chi connectivity index (χ1n) is 12.3. The number of halogens is 1. The van der Waals surface area contributed by atoms with Crippen LogP contribution in [0.2, 0.25) is 5.15 Å². The van der Waals surface area contributed by atoms with Crippen molar-refractivity contribution in [3.63, 3.8) is 0 Å². The summed E-state index contributed by atoms with van der Waals surface area (Å²) in [5.41, 5.74) is 2.04. The number of esters is 1. The second-order valence-electron chi connectivity index (χ2n) is 9.71. The average Bonchev–Trinajstić information content (AvgIpc) is 3.24. The molecule has 9 nitrogen and oxygen atoms in total. The first-order valence-corrected chi connectivity index (χ1v) is 12.7. The van der Waals surface area contributed by atoms with E-state index >= 15 is 0 Å². The van der Waals surface area contributed by atoms with E-state index < -0.39 is 35.5 Å². The van der Waals surface area contributed by atoms with E-state index in [4.69, 9.17) is 21.1 Å². The molecule has 1 heterocycles. The fourth-order valence-electron chi connectivity index (χ4n) is 3.58. The Morgan fingerprint density at radius 3 is 2.32 bits per heavy atom. The van der Waals surface area contributed by atoms with Crippen molar-refractivity contribution in [2.45, 2.75) is 52.7 Å². The average molecular weight is 541 g/mol. The molecule has 38 heavy (non-hydrogen) atoms. The molecule has 0 spiro atoms.